The van der Waals surface area contributed by atoms with Gasteiger partial charge in [-0.25, -0.2) is 0 Å². The predicted octanol–water partition coefficient (Wildman–Crippen LogP) is 0.299. The Bertz CT molecular complexity index is 78.5. The largest absolute Gasteiger partial charge is 0.395 e. The maximum atomic E-state index is 10.4. The summed E-state index contributed by atoms with van der Waals surface area (Å²) in [6.45, 7) is 1.44. The molecule has 1 atom stereocenters. The molecule has 0 amide bonds. The van der Waals surface area contributed by atoms with Gasteiger partial charge in [0.15, 0.2) is 0 Å². The van der Waals surface area contributed by atoms with Gasteiger partial charge in [0.25, 0.3) is 0 Å². The molecule has 0 aromatic carbocycles. The monoisotopic (exact) mass is 134 g/mol. The standard InChI is InChI=1S/C5H10O2S/c1-4(7)5(3-6)8-2/h5-6H,3H2,1-2H3. The minimum absolute atomic E-state index is 0.0417. The number of aliphatic hydroxyl groups excluding tert-OH is 1. The van der Waals surface area contributed by atoms with Gasteiger partial charge in [-0.2, -0.15) is 11.8 Å². The molecule has 0 aliphatic heterocycles. The van der Waals surface area contributed by atoms with Gasteiger partial charge in [-0.05, 0) is 13.2 Å². The maximum Gasteiger partial charge on any atom is 0.145 e. The highest BCUT2D eigenvalue weighted by Crippen LogP contribution is 2.04. The van der Waals surface area contributed by atoms with Crippen LogP contribution >= 0.6 is 11.8 Å². The molecule has 0 aliphatic carbocycles. The molecule has 48 valence electrons. The third-order valence-corrected chi connectivity index (χ3v) is 1.95. The van der Waals surface area contributed by atoms with E-state index in [1.807, 2.05) is 6.26 Å². The number of hydrogen-bond acceptors (Lipinski definition) is 3. The van der Waals surface area contributed by atoms with Crippen LogP contribution in [0.5, 0.6) is 0 Å². The van der Waals surface area contributed by atoms with E-state index >= 15 is 0 Å². The minimum atomic E-state index is -0.213. The van der Waals surface area contributed by atoms with Crippen LogP contribution in [-0.2, 0) is 4.79 Å². The summed E-state index contributed by atoms with van der Waals surface area (Å²) in [6.07, 6.45) is 1.81. The molecule has 0 heterocycles. The summed E-state index contributed by atoms with van der Waals surface area (Å²) in [5.74, 6) is 0.0417. The SMILES string of the molecule is CSC(CO)C(C)=O. The number of ketones is 1. The van der Waals surface area contributed by atoms with Crippen molar-refractivity contribution in [1.82, 2.24) is 0 Å². The predicted molar refractivity (Wildman–Crippen MR) is 35.1 cm³/mol. The number of thioether (sulfide) groups is 1. The summed E-state index contributed by atoms with van der Waals surface area (Å²) in [4.78, 5) is 10.4. The summed E-state index contributed by atoms with van der Waals surface area (Å²) in [5.41, 5.74) is 0. The van der Waals surface area contributed by atoms with Gasteiger partial charge in [0, 0.05) is 0 Å². The van der Waals surface area contributed by atoms with Gasteiger partial charge in [-0.15, -0.1) is 0 Å². The average Bonchev–Trinajstić information content (AvgIpc) is 1.69. The first-order chi connectivity index (χ1) is 3.72. The van der Waals surface area contributed by atoms with E-state index in [9.17, 15) is 4.79 Å². The van der Waals surface area contributed by atoms with Crippen LogP contribution in [0.25, 0.3) is 0 Å². The van der Waals surface area contributed by atoms with Gasteiger partial charge in [0.1, 0.15) is 5.78 Å². The van der Waals surface area contributed by atoms with E-state index in [1.165, 1.54) is 18.7 Å². The van der Waals surface area contributed by atoms with Gasteiger partial charge in [0.2, 0.25) is 0 Å². The Kier molecular flexibility index (Phi) is 3.91. The van der Waals surface area contributed by atoms with Gasteiger partial charge in [-0.3, -0.25) is 4.79 Å². The van der Waals surface area contributed by atoms with E-state index in [0.29, 0.717) is 0 Å². The number of carbonyl (C=O) groups excluding carboxylic acids is 1. The van der Waals surface area contributed by atoms with E-state index in [1.54, 1.807) is 0 Å². The summed E-state index contributed by atoms with van der Waals surface area (Å²) < 4.78 is 0. The minimum Gasteiger partial charge on any atom is -0.395 e. The Morgan fingerprint density at radius 2 is 2.38 bits per heavy atom. The Morgan fingerprint density at radius 3 is 2.38 bits per heavy atom. The van der Waals surface area contributed by atoms with Gasteiger partial charge < -0.3 is 5.11 Å². The molecule has 1 unspecified atom stereocenters. The van der Waals surface area contributed by atoms with Crippen molar-refractivity contribution < 1.29 is 9.90 Å². The fourth-order valence-electron chi connectivity index (χ4n) is 0.369. The van der Waals surface area contributed by atoms with Crippen molar-refractivity contribution >= 4 is 17.5 Å². The van der Waals surface area contributed by atoms with Crippen LogP contribution in [0.1, 0.15) is 6.92 Å². The zero-order valence-electron chi connectivity index (χ0n) is 5.05. The molecular weight excluding hydrogens is 124 g/mol. The highest BCUT2D eigenvalue weighted by atomic mass is 32.2. The molecule has 0 saturated heterocycles. The molecule has 0 aromatic rings. The van der Waals surface area contributed by atoms with E-state index < -0.39 is 0 Å². The normalized spacial score (nSPS) is 13.4. The van der Waals surface area contributed by atoms with Crippen LogP contribution in [0.2, 0.25) is 0 Å². The van der Waals surface area contributed by atoms with E-state index in [2.05, 4.69) is 0 Å². The first kappa shape index (κ1) is 7.98. The first-order valence-corrected chi connectivity index (χ1v) is 3.65. The van der Waals surface area contributed by atoms with Crippen LogP contribution in [0.15, 0.2) is 0 Å². The van der Waals surface area contributed by atoms with Crippen molar-refractivity contribution in [3.8, 4) is 0 Å². The molecule has 1 N–H and O–H groups in total. The highest BCUT2D eigenvalue weighted by molar-refractivity contribution is 7.99. The lowest BCUT2D eigenvalue weighted by molar-refractivity contribution is -0.117. The molecule has 0 radical (unpaired) electrons. The number of Topliss-reactive ketones (excluding diaryl/α,β-unsaturated/α-hetero) is 1. The van der Waals surface area contributed by atoms with Crippen molar-refractivity contribution in [1.29, 1.82) is 0 Å². The van der Waals surface area contributed by atoms with E-state index in [-0.39, 0.29) is 17.6 Å². The number of aliphatic hydroxyl groups is 1. The molecule has 0 aromatic heterocycles. The summed E-state index contributed by atoms with van der Waals surface area (Å²) in [7, 11) is 0. The first-order valence-electron chi connectivity index (χ1n) is 2.36. The summed E-state index contributed by atoms with van der Waals surface area (Å²) >= 11 is 1.38. The second-order valence-corrected chi connectivity index (χ2v) is 2.56. The lowest BCUT2D eigenvalue weighted by Gasteiger charge is -2.03. The van der Waals surface area contributed by atoms with Gasteiger partial charge in [-0.1, -0.05) is 0 Å². The Labute approximate surface area is 53.3 Å². The highest BCUT2D eigenvalue weighted by Gasteiger charge is 2.08. The maximum absolute atomic E-state index is 10.4. The molecule has 2 nitrogen and oxygen atoms in total. The molecule has 3 heteroatoms. The molecule has 0 bridgehead atoms. The topological polar surface area (TPSA) is 37.3 Å². The molecule has 0 aliphatic rings. The zero-order chi connectivity index (χ0) is 6.57. The van der Waals surface area contributed by atoms with E-state index in [0.717, 1.165) is 0 Å². The second kappa shape index (κ2) is 3.92. The number of rotatable bonds is 3. The third-order valence-electron chi connectivity index (χ3n) is 0.904. The van der Waals surface area contributed by atoms with Crippen molar-refractivity contribution in [2.24, 2.45) is 0 Å². The van der Waals surface area contributed by atoms with Gasteiger partial charge >= 0.3 is 0 Å². The summed E-state index contributed by atoms with van der Waals surface area (Å²) in [6, 6.07) is 0. The number of carbonyl (C=O) groups is 1. The molecule has 0 saturated carbocycles. The average molecular weight is 134 g/mol. The van der Waals surface area contributed by atoms with Crippen molar-refractivity contribution in [2.75, 3.05) is 12.9 Å². The quantitative estimate of drug-likeness (QED) is 0.603. The fraction of sp³-hybridized carbons (Fsp3) is 0.800. The lowest BCUT2D eigenvalue weighted by atomic mass is 10.3. The zero-order valence-corrected chi connectivity index (χ0v) is 5.86. The van der Waals surface area contributed by atoms with Crippen LogP contribution in [-0.4, -0.2) is 29.0 Å². The fourth-order valence-corrected chi connectivity index (χ4v) is 0.850. The smallest absolute Gasteiger partial charge is 0.145 e. The molecule has 8 heavy (non-hydrogen) atoms. The molecule has 0 fully saturated rings. The van der Waals surface area contributed by atoms with E-state index in [4.69, 9.17) is 5.11 Å². The van der Waals surface area contributed by atoms with Crippen molar-refractivity contribution in [2.45, 2.75) is 12.2 Å². The molecule has 0 spiro atoms. The van der Waals surface area contributed by atoms with Crippen LogP contribution < -0.4 is 0 Å². The Hall–Kier alpha value is -0.0200. The Morgan fingerprint density at radius 1 is 1.88 bits per heavy atom. The lowest BCUT2D eigenvalue weighted by Crippen LogP contribution is -2.17. The second-order valence-electron chi connectivity index (χ2n) is 1.52. The summed E-state index contributed by atoms with van der Waals surface area (Å²) in [5, 5.41) is 8.24. The van der Waals surface area contributed by atoms with Gasteiger partial charge in [0.05, 0.1) is 11.9 Å². The van der Waals surface area contributed by atoms with Crippen molar-refractivity contribution in [3.05, 3.63) is 0 Å². The Balaban J connectivity index is 3.52. The van der Waals surface area contributed by atoms with Crippen molar-refractivity contribution in [3.63, 3.8) is 0 Å². The van der Waals surface area contributed by atoms with Crippen LogP contribution in [0.4, 0.5) is 0 Å². The number of hydrogen-bond donors (Lipinski definition) is 1. The van der Waals surface area contributed by atoms with Crippen LogP contribution in [0.3, 0.4) is 0 Å². The molecule has 0 rings (SSSR count). The van der Waals surface area contributed by atoms with Crippen LogP contribution in [0, 0.1) is 0 Å². The third kappa shape index (κ3) is 2.33. The molecular formula is C5H10O2S.